The van der Waals surface area contributed by atoms with Crippen molar-refractivity contribution >= 4 is 39.8 Å². The van der Waals surface area contributed by atoms with E-state index in [2.05, 4.69) is 25.3 Å². The molecule has 1 saturated heterocycles. The Hall–Kier alpha value is -2.59. The number of methoxy groups -OCH3 is 1. The van der Waals surface area contributed by atoms with Crippen LogP contribution in [0.1, 0.15) is 6.04 Å². The number of aromatic nitrogens is 6. The Morgan fingerprint density at radius 2 is 2.20 bits per heavy atom. The summed E-state index contributed by atoms with van der Waals surface area (Å²) in [5, 5.41) is 31.9. The van der Waals surface area contributed by atoms with Crippen LogP contribution >= 0.6 is 34.7 Å². The fourth-order valence-corrected chi connectivity index (χ4v) is 5.87. The molecule has 0 aromatic carbocycles. The summed E-state index contributed by atoms with van der Waals surface area (Å²) in [4.78, 5) is 13.4. The Labute approximate surface area is 212 Å². The fraction of sp³-hybridized carbons (Fsp3) is 0.350. The lowest BCUT2D eigenvalue weighted by molar-refractivity contribution is -0.186. The van der Waals surface area contributed by atoms with Crippen LogP contribution in [-0.2, 0) is 9.47 Å². The Morgan fingerprint density at radius 3 is 2.89 bits per heavy atom. The number of anilines is 1. The first-order valence-electron chi connectivity index (χ1n) is 10.3. The standard InChI is InChI=1S/C20H20ClN7O5S2/c1-31-17-15(28-6-10(26-27-28)11-8-34-20(22)25-11)16(30)12(7-29)33-19(17)35-13-4-9(21)5-24-14(13)18-23-2-3-32-18/h2-6,8,12,15-17,19,29-30H,7H2,1H3,(H2,22,25)/t12?,15-,16-,17?,19+/m0/s1. The molecule has 1 fully saturated rings. The van der Waals surface area contributed by atoms with Crippen molar-refractivity contribution in [2.24, 2.45) is 0 Å². The van der Waals surface area contributed by atoms with Crippen LogP contribution in [-0.4, -0.2) is 77.6 Å². The number of thiazole rings is 1. The number of nitrogens with two attached hydrogens (primary N) is 1. The van der Waals surface area contributed by atoms with Crippen LogP contribution in [0.2, 0.25) is 5.02 Å². The van der Waals surface area contributed by atoms with E-state index in [9.17, 15) is 10.2 Å². The van der Waals surface area contributed by atoms with E-state index < -0.39 is 36.4 Å². The average Bonchev–Trinajstić information content (AvgIpc) is 3.62. The molecule has 4 N–H and O–H groups in total. The summed E-state index contributed by atoms with van der Waals surface area (Å²) in [7, 11) is 1.50. The maximum absolute atomic E-state index is 11.0. The van der Waals surface area contributed by atoms with Gasteiger partial charge in [-0.1, -0.05) is 28.6 Å². The fourth-order valence-electron chi connectivity index (χ4n) is 3.79. The number of oxazole rings is 1. The SMILES string of the molecule is COC1[C@@H](Sc2cc(Cl)cnc2-c2ncco2)OC(CO)[C@H](O)[C@@H]1n1cc(-c2csc(N)n2)nn1. The number of hydrogen-bond acceptors (Lipinski definition) is 13. The number of nitrogen functional groups attached to an aromatic ring is 1. The number of aliphatic hydroxyl groups is 2. The van der Waals surface area contributed by atoms with Crippen LogP contribution in [0.25, 0.3) is 23.0 Å². The minimum Gasteiger partial charge on any atom is -0.443 e. The zero-order valence-corrected chi connectivity index (χ0v) is 20.5. The molecule has 0 aliphatic carbocycles. The third kappa shape index (κ3) is 4.78. The molecule has 12 nitrogen and oxygen atoms in total. The number of ether oxygens (including phenoxy) is 2. The van der Waals surface area contributed by atoms with Gasteiger partial charge in [-0.15, -0.1) is 16.4 Å². The first-order valence-corrected chi connectivity index (χ1v) is 12.4. The predicted molar refractivity (Wildman–Crippen MR) is 128 cm³/mol. The molecule has 5 atom stereocenters. The summed E-state index contributed by atoms with van der Waals surface area (Å²) in [5.41, 5.74) is 6.57. The molecule has 0 radical (unpaired) electrons. The van der Waals surface area contributed by atoms with Gasteiger partial charge in [0, 0.05) is 23.6 Å². The number of rotatable bonds is 7. The average molecular weight is 538 g/mol. The van der Waals surface area contributed by atoms with Crippen LogP contribution in [0.15, 0.2) is 45.6 Å². The summed E-state index contributed by atoms with van der Waals surface area (Å²) in [5.74, 6) is 0.313. The van der Waals surface area contributed by atoms with Crippen molar-refractivity contribution in [1.29, 1.82) is 0 Å². The highest BCUT2D eigenvalue weighted by Crippen LogP contribution is 2.42. The van der Waals surface area contributed by atoms with Crippen molar-refractivity contribution in [1.82, 2.24) is 29.9 Å². The molecule has 184 valence electrons. The summed E-state index contributed by atoms with van der Waals surface area (Å²) in [6, 6.07) is 0.973. The molecule has 1 aliphatic heterocycles. The van der Waals surface area contributed by atoms with Crippen LogP contribution in [0.4, 0.5) is 5.13 Å². The maximum atomic E-state index is 11.0. The number of nitrogens with zero attached hydrogens (tertiary/aromatic N) is 6. The van der Waals surface area contributed by atoms with Gasteiger partial charge in [-0.3, -0.25) is 0 Å². The van der Waals surface area contributed by atoms with Crippen molar-refractivity contribution in [3.63, 3.8) is 0 Å². The van der Waals surface area contributed by atoms with E-state index in [1.807, 2.05) is 0 Å². The number of pyridine rings is 1. The second-order valence-corrected chi connectivity index (χ2v) is 9.98. The monoisotopic (exact) mass is 537 g/mol. The van der Waals surface area contributed by atoms with Crippen molar-refractivity contribution in [3.8, 4) is 23.0 Å². The van der Waals surface area contributed by atoms with Gasteiger partial charge >= 0.3 is 0 Å². The second kappa shape index (κ2) is 10.2. The van der Waals surface area contributed by atoms with Crippen LogP contribution in [0.3, 0.4) is 0 Å². The van der Waals surface area contributed by atoms with E-state index in [1.165, 1.54) is 53.5 Å². The molecule has 1 aliphatic rings. The third-order valence-electron chi connectivity index (χ3n) is 5.39. The van der Waals surface area contributed by atoms with Crippen molar-refractivity contribution in [2.75, 3.05) is 19.5 Å². The smallest absolute Gasteiger partial charge is 0.246 e. The first kappa shape index (κ1) is 24.1. The quantitative estimate of drug-likeness (QED) is 0.314. The van der Waals surface area contributed by atoms with E-state index in [4.69, 9.17) is 31.2 Å². The molecule has 2 unspecified atom stereocenters. The van der Waals surface area contributed by atoms with Gasteiger partial charge in [0.1, 0.15) is 53.1 Å². The topological polar surface area (TPSA) is 167 Å². The second-order valence-electron chi connectivity index (χ2n) is 7.52. The van der Waals surface area contributed by atoms with Gasteiger partial charge in [0.05, 0.1) is 24.0 Å². The predicted octanol–water partition coefficient (Wildman–Crippen LogP) is 2.11. The molecular weight excluding hydrogens is 518 g/mol. The van der Waals surface area contributed by atoms with Crippen LogP contribution in [0, 0.1) is 0 Å². The highest BCUT2D eigenvalue weighted by molar-refractivity contribution is 8.00. The van der Waals surface area contributed by atoms with Gasteiger partial charge in [0.2, 0.25) is 5.89 Å². The van der Waals surface area contributed by atoms with Gasteiger partial charge < -0.3 is 29.8 Å². The molecule has 4 aromatic rings. The van der Waals surface area contributed by atoms with Gasteiger partial charge in [-0.05, 0) is 6.07 Å². The summed E-state index contributed by atoms with van der Waals surface area (Å²) < 4.78 is 18.7. The van der Waals surface area contributed by atoms with Gasteiger partial charge in [-0.25, -0.2) is 19.6 Å². The summed E-state index contributed by atoms with van der Waals surface area (Å²) in [6.07, 6.45) is 3.35. The number of thioether (sulfide) groups is 1. The lowest BCUT2D eigenvalue weighted by atomic mass is 9.97. The van der Waals surface area contributed by atoms with E-state index in [0.717, 1.165) is 0 Å². The normalized spacial score (nSPS) is 24.6. The minimum absolute atomic E-state index is 0.313. The van der Waals surface area contributed by atoms with Gasteiger partial charge in [0.25, 0.3) is 0 Å². The third-order valence-corrected chi connectivity index (χ3v) is 7.45. The number of halogens is 1. The van der Waals surface area contributed by atoms with Gasteiger partial charge in [-0.2, -0.15) is 0 Å². The van der Waals surface area contributed by atoms with E-state index in [0.29, 0.717) is 38.0 Å². The van der Waals surface area contributed by atoms with Crippen molar-refractivity contribution < 1.29 is 24.1 Å². The van der Waals surface area contributed by atoms with E-state index in [-0.39, 0.29) is 0 Å². The molecular formula is C20H20ClN7O5S2. The maximum Gasteiger partial charge on any atom is 0.246 e. The first-order chi connectivity index (χ1) is 17.0. The molecule has 0 saturated carbocycles. The highest BCUT2D eigenvalue weighted by atomic mass is 35.5. The van der Waals surface area contributed by atoms with Crippen LogP contribution in [0.5, 0.6) is 0 Å². The molecule has 0 bridgehead atoms. The van der Waals surface area contributed by atoms with Crippen molar-refractivity contribution in [3.05, 3.63) is 41.3 Å². The number of aliphatic hydroxyl groups excluding tert-OH is 2. The lowest BCUT2D eigenvalue weighted by Gasteiger charge is -2.43. The Kier molecular flexibility index (Phi) is 7.02. The molecule has 5 rings (SSSR count). The Morgan fingerprint density at radius 1 is 1.34 bits per heavy atom. The molecule has 35 heavy (non-hydrogen) atoms. The molecule has 4 aromatic heterocycles. The minimum atomic E-state index is -1.14. The molecule has 15 heteroatoms. The Balaban J connectivity index is 1.49. The van der Waals surface area contributed by atoms with Crippen LogP contribution < -0.4 is 5.73 Å². The molecule has 0 amide bonds. The summed E-state index contributed by atoms with van der Waals surface area (Å²) in [6.45, 7) is -0.421. The zero-order valence-electron chi connectivity index (χ0n) is 18.1. The largest absolute Gasteiger partial charge is 0.443 e. The Bertz CT molecular complexity index is 1290. The zero-order chi connectivity index (χ0) is 24.5. The highest BCUT2D eigenvalue weighted by Gasteiger charge is 2.47. The van der Waals surface area contributed by atoms with E-state index >= 15 is 0 Å². The van der Waals surface area contributed by atoms with Crippen molar-refractivity contribution in [2.45, 2.75) is 34.7 Å². The summed E-state index contributed by atoms with van der Waals surface area (Å²) >= 11 is 8.76. The molecule has 0 spiro atoms. The van der Waals surface area contributed by atoms with Gasteiger partial charge in [0.15, 0.2) is 5.13 Å². The van der Waals surface area contributed by atoms with E-state index in [1.54, 1.807) is 17.6 Å². The number of hydrogen-bond donors (Lipinski definition) is 3. The molecule has 5 heterocycles. The lowest BCUT2D eigenvalue weighted by Crippen LogP contribution is -2.55.